The van der Waals surface area contributed by atoms with Crippen molar-refractivity contribution in [3.63, 3.8) is 0 Å². The lowest BCUT2D eigenvalue weighted by Gasteiger charge is -2.26. The highest BCUT2D eigenvalue weighted by Gasteiger charge is 2.18. The van der Waals surface area contributed by atoms with Crippen molar-refractivity contribution in [3.05, 3.63) is 29.8 Å². The standard InChI is InChI=1S/C17H29NO/c1-6-15-8-7-9-16(10-15)19-13-17(4,5)12-18-11-14(2)3/h7-10,14,18H,6,11-13H2,1-5H3. The summed E-state index contributed by atoms with van der Waals surface area (Å²) in [5.41, 5.74) is 1.48. The highest BCUT2D eigenvalue weighted by atomic mass is 16.5. The van der Waals surface area contributed by atoms with Crippen LogP contribution in [0.4, 0.5) is 0 Å². The Morgan fingerprint density at radius 1 is 1.26 bits per heavy atom. The van der Waals surface area contributed by atoms with E-state index < -0.39 is 0 Å². The topological polar surface area (TPSA) is 21.3 Å². The lowest BCUT2D eigenvalue weighted by molar-refractivity contribution is 0.175. The first-order valence-corrected chi connectivity index (χ1v) is 7.35. The first-order valence-electron chi connectivity index (χ1n) is 7.35. The Morgan fingerprint density at radius 3 is 2.63 bits per heavy atom. The van der Waals surface area contributed by atoms with Crippen molar-refractivity contribution in [3.8, 4) is 5.75 Å². The van der Waals surface area contributed by atoms with Crippen LogP contribution in [0.2, 0.25) is 0 Å². The predicted molar refractivity (Wildman–Crippen MR) is 82.8 cm³/mol. The van der Waals surface area contributed by atoms with Crippen molar-refractivity contribution in [2.45, 2.75) is 41.0 Å². The highest BCUT2D eigenvalue weighted by molar-refractivity contribution is 5.28. The summed E-state index contributed by atoms with van der Waals surface area (Å²) in [6.45, 7) is 13.9. The van der Waals surface area contributed by atoms with E-state index in [4.69, 9.17) is 4.74 Å². The van der Waals surface area contributed by atoms with Crippen LogP contribution in [0.3, 0.4) is 0 Å². The fourth-order valence-corrected chi connectivity index (χ4v) is 1.88. The Kier molecular flexibility index (Phi) is 6.36. The van der Waals surface area contributed by atoms with Crippen molar-refractivity contribution < 1.29 is 4.74 Å². The van der Waals surface area contributed by atoms with Crippen molar-refractivity contribution in [1.29, 1.82) is 0 Å². The molecule has 108 valence electrons. The van der Waals surface area contributed by atoms with Crippen molar-refractivity contribution in [1.82, 2.24) is 5.32 Å². The zero-order valence-electron chi connectivity index (χ0n) is 13.1. The average molecular weight is 263 g/mol. The van der Waals surface area contributed by atoms with Gasteiger partial charge in [-0.05, 0) is 36.6 Å². The monoisotopic (exact) mass is 263 g/mol. The Balaban J connectivity index is 2.40. The van der Waals surface area contributed by atoms with Crippen LogP contribution in [0, 0.1) is 11.3 Å². The lowest BCUT2D eigenvalue weighted by atomic mass is 9.94. The van der Waals surface area contributed by atoms with Gasteiger partial charge in [0.2, 0.25) is 0 Å². The third kappa shape index (κ3) is 6.63. The molecular formula is C17H29NO. The van der Waals surface area contributed by atoms with Gasteiger partial charge in [0.25, 0.3) is 0 Å². The van der Waals surface area contributed by atoms with Gasteiger partial charge in [-0.2, -0.15) is 0 Å². The van der Waals surface area contributed by atoms with Gasteiger partial charge in [-0.3, -0.25) is 0 Å². The summed E-state index contributed by atoms with van der Waals surface area (Å²) >= 11 is 0. The number of hydrogen-bond acceptors (Lipinski definition) is 2. The van der Waals surface area contributed by atoms with E-state index in [2.05, 4.69) is 58.1 Å². The molecular weight excluding hydrogens is 234 g/mol. The van der Waals surface area contributed by atoms with Gasteiger partial charge in [0.1, 0.15) is 5.75 Å². The Labute approximate surface area is 118 Å². The molecule has 2 nitrogen and oxygen atoms in total. The number of aryl methyl sites for hydroxylation is 1. The minimum atomic E-state index is 0.150. The van der Waals surface area contributed by atoms with Gasteiger partial charge >= 0.3 is 0 Å². The van der Waals surface area contributed by atoms with Crippen LogP contribution in [0.5, 0.6) is 5.75 Å². The minimum Gasteiger partial charge on any atom is -0.493 e. The van der Waals surface area contributed by atoms with Gasteiger partial charge in [-0.1, -0.05) is 46.8 Å². The van der Waals surface area contributed by atoms with Crippen LogP contribution < -0.4 is 10.1 Å². The van der Waals surface area contributed by atoms with Gasteiger partial charge in [0.05, 0.1) is 6.61 Å². The molecule has 1 aromatic carbocycles. The molecule has 0 radical (unpaired) electrons. The highest BCUT2D eigenvalue weighted by Crippen LogP contribution is 2.19. The summed E-state index contributed by atoms with van der Waals surface area (Å²) in [6.07, 6.45) is 1.05. The summed E-state index contributed by atoms with van der Waals surface area (Å²) in [5, 5.41) is 3.50. The van der Waals surface area contributed by atoms with Crippen LogP contribution in [0.1, 0.15) is 40.2 Å². The normalized spacial score (nSPS) is 11.9. The average Bonchev–Trinajstić information content (AvgIpc) is 2.36. The second-order valence-electron chi connectivity index (χ2n) is 6.48. The van der Waals surface area contributed by atoms with Crippen molar-refractivity contribution in [2.75, 3.05) is 19.7 Å². The third-order valence-corrected chi connectivity index (χ3v) is 3.09. The van der Waals surface area contributed by atoms with Crippen LogP contribution in [0.25, 0.3) is 0 Å². The minimum absolute atomic E-state index is 0.150. The molecule has 0 heterocycles. The number of hydrogen-bond donors (Lipinski definition) is 1. The van der Waals surface area contributed by atoms with E-state index in [0.717, 1.165) is 31.9 Å². The zero-order chi connectivity index (χ0) is 14.3. The third-order valence-electron chi connectivity index (χ3n) is 3.09. The van der Waals surface area contributed by atoms with Crippen LogP contribution in [-0.2, 0) is 6.42 Å². The number of ether oxygens (including phenoxy) is 1. The molecule has 2 heteroatoms. The molecule has 1 N–H and O–H groups in total. The van der Waals surface area contributed by atoms with Gasteiger partial charge < -0.3 is 10.1 Å². The summed E-state index contributed by atoms with van der Waals surface area (Å²) in [5.74, 6) is 1.68. The molecule has 0 aliphatic heterocycles. The molecule has 0 amide bonds. The Morgan fingerprint density at radius 2 is 2.00 bits per heavy atom. The Bertz CT molecular complexity index is 371. The molecule has 0 fully saturated rings. The van der Waals surface area contributed by atoms with E-state index in [1.807, 2.05) is 6.07 Å². The van der Waals surface area contributed by atoms with Gasteiger partial charge in [0, 0.05) is 12.0 Å². The lowest BCUT2D eigenvalue weighted by Crippen LogP contribution is -2.35. The molecule has 0 aliphatic carbocycles. The van der Waals surface area contributed by atoms with E-state index >= 15 is 0 Å². The predicted octanol–water partition coefficient (Wildman–Crippen LogP) is 3.90. The molecule has 0 saturated heterocycles. The van der Waals surface area contributed by atoms with Gasteiger partial charge in [-0.25, -0.2) is 0 Å². The maximum absolute atomic E-state index is 5.93. The fourth-order valence-electron chi connectivity index (χ4n) is 1.88. The molecule has 1 aromatic rings. The molecule has 0 aromatic heterocycles. The quantitative estimate of drug-likeness (QED) is 0.768. The van der Waals surface area contributed by atoms with Crippen molar-refractivity contribution >= 4 is 0 Å². The van der Waals surface area contributed by atoms with E-state index in [-0.39, 0.29) is 5.41 Å². The largest absolute Gasteiger partial charge is 0.493 e. The zero-order valence-corrected chi connectivity index (χ0v) is 13.1. The van der Waals surface area contributed by atoms with E-state index in [1.54, 1.807) is 0 Å². The maximum Gasteiger partial charge on any atom is 0.119 e. The van der Waals surface area contributed by atoms with Crippen molar-refractivity contribution in [2.24, 2.45) is 11.3 Å². The SMILES string of the molecule is CCc1cccc(OCC(C)(C)CNCC(C)C)c1. The van der Waals surface area contributed by atoms with Crippen LogP contribution >= 0.6 is 0 Å². The molecule has 0 spiro atoms. The second kappa shape index (κ2) is 7.54. The Hall–Kier alpha value is -1.02. The number of rotatable bonds is 8. The maximum atomic E-state index is 5.93. The molecule has 0 atom stereocenters. The number of benzene rings is 1. The van der Waals surface area contributed by atoms with Crippen LogP contribution in [0.15, 0.2) is 24.3 Å². The number of nitrogens with one attached hydrogen (secondary N) is 1. The van der Waals surface area contributed by atoms with Gasteiger partial charge in [-0.15, -0.1) is 0 Å². The molecule has 0 unspecified atom stereocenters. The van der Waals surface area contributed by atoms with E-state index in [9.17, 15) is 0 Å². The van der Waals surface area contributed by atoms with E-state index in [0.29, 0.717) is 5.92 Å². The smallest absolute Gasteiger partial charge is 0.119 e. The summed E-state index contributed by atoms with van der Waals surface area (Å²) < 4.78 is 5.93. The summed E-state index contributed by atoms with van der Waals surface area (Å²) in [7, 11) is 0. The first kappa shape index (κ1) is 16.0. The van der Waals surface area contributed by atoms with E-state index in [1.165, 1.54) is 5.56 Å². The molecule has 19 heavy (non-hydrogen) atoms. The molecule has 0 bridgehead atoms. The summed E-state index contributed by atoms with van der Waals surface area (Å²) in [4.78, 5) is 0. The molecule has 0 aliphatic rings. The first-order chi connectivity index (χ1) is 8.93. The van der Waals surface area contributed by atoms with Gasteiger partial charge in [0.15, 0.2) is 0 Å². The summed E-state index contributed by atoms with van der Waals surface area (Å²) in [6, 6.07) is 8.38. The molecule has 1 rings (SSSR count). The fraction of sp³-hybridized carbons (Fsp3) is 0.647. The molecule has 0 saturated carbocycles. The second-order valence-corrected chi connectivity index (χ2v) is 6.48. The van der Waals surface area contributed by atoms with Crippen LogP contribution in [-0.4, -0.2) is 19.7 Å².